The second kappa shape index (κ2) is 7.61. The number of nitrogens with zero attached hydrogens (tertiary/aromatic N) is 3. The fraction of sp³-hybridized carbons (Fsp3) is 0.571. The van der Waals surface area contributed by atoms with Gasteiger partial charge in [0.2, 0.25) is 0 Å². The fourth-order valence-corrected chi connectivity index (χ4v) is 6.57. The van der Waals surface area contributed by atoms with Gasteiger partial charge in [0.25, 0.3) is 0 Å². The normalized spacial score (nSPS) is 20.5. The van der Waals surface area contributed by atoms with E-state index >= 15 is 0 Å². The number of urea groups is 1. The highest BCUT2D eigenvalue weighted by atomic mass is 32.2. The van der Waals surface area contributed by atoms with Crippen LogP contribution in [-0.4, -0.2) is 43.3 Å². The molecule has 8 nitrogen and oxygen atoms in total. The van der Waals surface area contributed by atoms with Gasteiger partial charge in [0.15, 0.2) is 0 Å². The quantitative estimate of drug-likeness (QED) is 0.638. The highest BCUT2D eigenvalue weighted by molar-refractivity contribution is 7.95. The Morgan fingerprint density at radius 2 is 2.10 bits per heavy atom. The molecule has 2 aromatic rings. The average molecular weight is 465 g/mol. The SMILES string of the molecule is CC1(C)CCc2c1nc1c(c2NC(=O)N=S(C)(=O)c2cnc(C(C)(O)CO)s2)CCC1. The molecule has 0 saturated carbocycles. The van der Waals surface area contributed by atoms with Crippen LogP contribution in [0.4, 0.5) is 10.5 Å². The van der Waals surface area contributed by atoms with Gasteiger partial charge in [-0.2, -0.15) is 0 Å². The molecule has 2 amide bonds. The van der Waals surface area contributed by atoms with E-state index in [2.05, 4.69) is 28.5 Å². The van der Waals surface area contributed by atoms with Crippen molar-refractivity contribution in [3.05, 3.63) is 33.7 Å². The van der Waals surface area contributed by atoms with Gasteiger partial charge in [-0.15, -0.1) is 15.7 Å². The summed E-state index contributed by atoms with van der Waals surface area (Å²) in [4.78, 5) is 21.8. The molecule has 3 N–H and O–H groups in total. The third-order valence-corrected chi connectivity index (χ3v) is 9.67. The van der Waals surface area contributed by atoms with Gasteiger partial charge < -0.3 is 15.5 Å². The molecule has 2 aliphatic carbocycles. The summed E-state index contributed by atoms with van der Waals surface area (Å²) in [5.74, 6) is 0. The summed E-state index contributed by atoms with van der Waals surface area (Å²) < 4.78 is 17.4. The van der Waals surface area contributed by atoms with E-state index in [1.807, 2.05) is 0 Å². The lowest BCUT2D eigenvalue weighted by Crippen LogP contribution is -2.25. The largest absolute Gasteiger partial charge is 0.393 e. The van der Waals surface area contributed by atoms with Gasteiger partial charge >= 0.3 is 6.03 Å². The average Bonchev–Trinajstić information content (AvgIpc) is 3.41. The first-order chi connectivity index (χ1) is 14.4. The topological polar surface area (TPSA) is 125 Å². The maximum atomic E-state index is 13.2. The third kappa shape index (κ3) is 4.02. The van der Waals surface area contributed by atoms with Crippen molar-refractivity contribution in [3.63, 3.8) is 0 Å². The molecule has 0 fully saturated rings. The number of aromatic nitrogens is 2. The molecule has 0 aliphatic heterocycles. The highest BCUT2D eigenvalue weighted by Gasteiger charge is 2.36. The Kier molecular flexibility index (Phi) is 5.48. The van der Waals surface area contributed by atoms with Crippen molar-refractivity contribution in [3.8, 4) is 0 Å². The monoisotopic (exact) mass is 464 g/mol. The third-order valence-electron chi connectivity index (χ3n) is 6.08. The molecule has 2 aliphatic rings. The van der Waals surface area contributed by atoms with Gasteiger partial charge in [0.1, 0.15) is 14.8 Å². The van der Waals surface area contributed by atoms with Crippen molar-refractivity contribution in [1.29, 1.82) is 0 Å². The van der Waals surface area contributed by atoms with E-state index in [9.17, 15) is 19.2 Å². The van der Waals surface area contributed by atoms with Crippen molar-refractivity contribution in [2.75, 3.05) is 18.2 Å². The number of fused-ring (bicyclic) bond motifs is 2. The number of carbonyl (C=O) groups excluding carboxylic acids is 1. The van der Waals surface area contributed by atoms with Gasteiger partial charge in [0.05, 0.1) is 33.9 Å². The van der Waals surface area contributed by atoms with Gasteiger partial charge in [0, 0.05) is 17.4 Å². The van der Waals surface area contributed by atoms with Crippen molar-refractivity contribution >= 4 is 32.8 Å². The Hall–Kier alpha value is -1.88. The highest BCUT2D eigenvalue weighted by Crippen LogP contribution is 2.44. The van der Waals surface area contributed by atoms with Crippen LogP contribution < -0.4 is 5.32 Å². The number of hydrogen-bond donors (Lipinski definition) is 3. The first-order valence-corrected chi connectivity index (χ1v) is 13.1. The number of carbonyl (C=O) groups is 1. The zero-order valence-electron chi connectivity index (χ0n) is 18.2. The van der Waals surface area contributed by atoms with E-state index in [1.165, 1.54) is 19.4 Å². The molecule has 0 saturated heterocycles. The molecule has 2 unspecified atom stereocenters. The van der Waals surface area contributed by atoms with Gasteiger partial charge in [-0.05, 0) is 50.2 Å². The van der Waals surface area contributed by atoms with E-state index in [4.69, 9.17) is 4.98 Å². The van der Waals surface area contributed by atoms with Crippen LogP contribution >= 0.6 is 11.3 Å². The van der Waals surface area contributed by atoms with E-state index in [1.54, 1.807) is 0 Å². The molecule has 2 heterocycles. The molecule has 0 radical (unpaired) electrons. The van der Waals surface area contributed by atoms with Crippen LogP contribution in [0.25, 0.3) is 0 Å². The van der Waals surface area contributed by atoms with Crippen LogP contribution in [0, 0.1) is 0 Å². The van der Waals surface area contributed by atoms with Crippen molar-refractivity contribution in [1.82, 2.24) is 9.97 Å². The lowest BCUT2D eigenvalue weighted by Gasteiger charge is -2.20. The van der Waals surface area contributed by atoms with E-state index in [-0.39, 0.29) is 14.6 Å². The molecule has 2 aromatic heterocycles. The molecule has 0 bridgehead atoms. The molecule has 31 heavy (non-hydrogen) atoms. The van der Waals surface area contributed by atoms with Crippen LogP contribution in [-0.2, 0) is 40.0 Å². The molecule has 2 atom stereocenters. The van der Waals surface area contributed by atoms with E-state index in [0.29, 0.717) is 0 Å². The van der Waals surface area contributed by atoms with Gasteiger partial charge in [-0.3, -0.25) is 4.98 Å². The second-order valence-electron chi connectivity index (χ2n) is 9.22. The Morgan fingerprint density at radius 1 is 1.35 bits per heavy atom. The molecular weight excluding hydrogens is 436 g/mol. The number of aliphatic hydroxyl groups excluding tert-OH is 1. The summed E-state index contributed by atoms with van der Waals surface area (Å²) >= 11 is 0.979. The molecule has 0 aromatic carbocycles. The summed E-state index contributed by atoms with van der Waals surface area (Å²) in [6.07, 6.45) is 7.30. The molecule has 10 heteroatoms. The summed E-state index contributed by atoms with van der Waals surface area (Å²) in [7, 11) is -3.07. The van der Waals surface area contributed by atoms with Crippen LogP contribution in [0.2, 0.25) is 0 Å². The van der Waals surface area contributed by atoms with Gasteiger partial charge in [-0.25, -0.2) is 14.0 Å². The molecule has 168 valence electrons. The first-order valence-electron chi connectivity index (χ1n) is 10.3. The number of thiazole rings is 1. The standard InChI is InChI=1S/C21H28N4O4S2/c1-20(2)9-8-13-16(12-6-5-7-14(12)23-17(13)20)24-19(27)25-31(4,29)15-10-22-18(30-15)21(3,28)11-26/h10,26,28H,5-9,11H2,1-4H3,(H,23,24,27). The van der Waals surface area contributed by atoms with Crippen LogP contribution in [0.15, 0.2) is 14.8 Å². The minimum atomic E-state index is -3.07. The fourth-order valence-electron chi connectivity index (χ4n) is 4.22. The predicted octanol–water partition coefficient (Wildman–Crippen LogP) is 3.14. The number of aryl methyl sites for hydroxylation is 1. The van der Waals surface area contributed by atoms with Crippen LogP contribution in [0.3, 0.4) is 0 Å². The zero-order valence-corrected chi connectivity index (χ0v) is 19.8. The maximum Gasteiger partial charge on any atom is 0.353 e. The Labute approximate surface area is 186 Å². The van der Waals surface area contributed by atoms with Crippen LogP contribution in [0.1, 0.15) is 61.1 Å². The van der Waals surface area contributed by atoms with E-state index in [0.717, 1.165) is 71.6 Å². The number of pyridine rings is 1. The summed E-state index contributed by atoms with van der Waals surface area (Å²) in [6, 6.07) is -0.663. The van der Waals surface area contributed by atoms with Gasteiger partial charge in [-0.1, -0.05) is 13.8 Å². The molecule has 4 rings (SSSR count). The number of amides is 2. The second-order valence-corrected chi connectivity index (χ2v) is 12.7. The Bertz CT molecular complexity index is 1180. The molecular formula is C21H28N4O4S2. The summed E-state index contributed by atoms with van der Waals surface area (Å²) in [5, 5.41) is 22.6. The lowest BCUT2D eigenvalue weighted by atomic mass is 9.90. The summed E-state index contributed by atoms with van der Waals surface area (Å²) in [5.41, 5.74) is 3.44. The Balaban J connectivity index is 1.67. The number of hydrogen-bond acceptors (Lipinski definition) is 7. The van der Waals surface area contributed by atoms with E-state index < -0.39 is 28.0 Å². The zero-order chi connectivity index (χ0) is 22.6. The van der Waals surface area contributed by atoms with Crippen molar-refractivity contribution in [2.45, 2.75) is 68.1 Å². The summed E-state index contributed by atoms with van der Waals surface area (Å²) in [6.45, 7) is 5.25. The Morgan fingerprint density at radius 3 is 2.81 bits per heavy atom. The van der Waals surface area contributed by atoms with Crippen molar-refractivity contribution < 1.29 is 19.2 Å². The number of nitrogens with one attached hydrogen (secondary N) is 1. The minimum absolute atomic E-state index is 0.0371. The molecule has 0 spiro atoms. The number of rotatable bonds is 4. The maximum absolute atomic E-state index is 13.2. The van der Waals surface area contributed by atoms with Crippen molar-refractivity contribution in [2.24, 2.45) is 4.36 Å². The smallest absolute Gasteiger partial charge is 0.353 e. The lowest BCUT2D eigenvalue weighted by molar-refractivity contribution is -0.00244. The first kappa shape index (κ1) is 22.3. The van der Waals surface area contributed by atoms with Crippen LogP contribution in [0.5, 0.6) is 0 Å². The number of aliphatic hydroxyl groups is 2. The predicted molar refractivity (Wildman–Crippen MR) is 120 cm³/mol. The minimum Gasteiger partial charge on any atom is -0.393 e. The number of anilines is 1.